The number of methoxy groups -OCH3 is 3. The highest BCUT2D eigenvalue weighted by Crippen LogP contribution is 2.35. The molecule has 0 aliphatic carbocycles. The average molecular weight is 1640 g/mol. The molecule has 0 saturated carbocycles. The highest BCUT2D eigenvalue weighted by atomic mass is 16.6. The molecule has 0 bridgehead atoms. The van der Waals surface area contributed by atoms with Gasteiger partial charge in [-0.2, -0.15) is 10.5 Å². The molecule has 0 N–H and O–H groups in total. The van der Waals surface area contributed by atoms with Gasteiger partial charge in [0.05, 0.1) is 51.2 Å². The summed E-state index contributed by atoms with van der Waals surface area (Å²) in [7, 11) is 4.77. The predicted molar refractivity (Wildman–Crippen MR) is 447 cm³/mol. The normalized spacial score (nSPS) is 10.2. The maximum absolute atomic E-state index is 8.95. The van der Waals surface area contributed by atoms with Crippen molar-refractivity contribution in [3.8, 4) is 171 Å². The van der Waals surface area contributed by atoms with E-state index in [1.807, 2.05) is 197 Å². The molecule has 12 aromatic carbocycles. The molecule has 30 heteroatoms. The molecule has 0 saturated heterocycles. The highest BCUT2D eigenvalue weighted by Gasteiger charge is 2.20. The topological polar surface area (TPSA) is 345 Å². The minimum Gasteiger partial charge on any atom is -0.497 e. The minimum absolute atomic E-state index is 0.00203. The number of para-hydroxylation sites is 5. The van der Waals surface area contributed by atoms with E-state index in [4.69, 9.17) is 88.1 Å². The molecule has 16 aromatic rings. The van der Waals surface area contributed by atoms with Gasteiger partial charge in [0.2, 0.25) is 0 Å². The Hall–Kier alpha value is -17.9. The Morgan fingerprint density at radius 3 is 0.675 bits per heavy atom. The third kappa shape index (κ3) is 25.6. The second kappa shape index (κ2) is 42.1. The lowest BCUT2D eigenvalue weighted by Crippen LogP contribution is -2.01. The maximum Gasteiger partial charge on any atom is 0.331 e. The van der Waals surface area contributed by atoms with Crippen molar-refractivity contribution in [3.05, 3.63) is 349 Å². The molecule has 0 unspecified atom stereocenters. The average Bonchev–Trinajstić information content (AvgIpc) is 0.842. The van der Waals surface area contributed by atoms with Gasteiger partial charge in [0.25, 0.3) is 0 Å². The van der Waals surface area contributed by atoms with Crippen LogP contribution in [0.1, 0.15) is 27.8 Å². The third-order valence-corrected chi connectivity index (χ3v) is 16.3. The van der Waals surface area contributed by atoms with E-state index in [0.717, 1.165) is 16.7 Å². The molecule has 0 aliphatic rings. The van der Waals surface area contributed by atoms with E-state index in [1.165, 1.54) is 0 Å². The van der Waals surface area contributed by atoms with Crippen molar-refractivity contribution >= 4 is 5.69 Å². The smallest absolute Gasteiger partial charge is 0.331 e. The summed E-state index contributed by atoms with van der Waals surface area (Å²) in [4.78, 5) is 54.2. The fraction of sp³-hybridized carbons (Fsp3) is 0.0645. The van der Waals surface area contributed by atoms with E-state index < -0.39 is 0 Å². The van der Waals surface area contributed by atoms with Crippen LogP contribution in [0.5, 0.6) is 158 Å². The molecule has 4 heterocycles. The number of nitrogens with zero attached hydrogens (tertiary/aromatic N) is 15. The van der Waals surface area contributed by atoms with Crippen LogP contribution < -0.4 is 71.1 Å². The second-order valence-corrected chi connectivity index (χ2v) is 25.1. The largest absolute Gasteiger partial charge is 0.497 e. The zero-order valence-corrected chi connectivity index (χ0v) is 66.3. The predicted octanol–water partition coefficient (Wildman–Crippen LogP) is 22.2. The van der Waals surface area contributed by atoms with Gasteiger partial charge in [-0.05, 0) is 226 Å². The van der Waals surface area contributed by atoms with Crippen molar-refractivity contribution in [2.24, 2.45) is 0 Å². The lowest BCUT2D eigenvalue weighted by Gasteiger charge is -2.11. The van der Waals surface area contributed by atoms with E-state index in [9.17, 15) is 0 Å². The molecule has 0 fully saturated rings. The van der Waals surface area contributed by atoms with Crippen molar-refractivity contribution in [1.29, 1.82) is 10.5 Å². The number of rotatable bonds is 27. The lowest BCUT2D eigenvalue weighted by molar-refractivity contribution is 0.359. The molecule has 4 aromatic heterocycles. The summed E-state index contributed by atoms with van der Waals surface area (Å²) >= 11 is 0. The number of aryl methyl sites for hydroxylation is 3. The van der Waals surface area contributed by atoms with Crippen molar-refractivity contribution in [2.75, 3.05) is 21.3 Å². The van der Waals surface area contributed by atoms with Crippen LogP contribution in [0.3, 0.4) is 0 Å². The standard InChI is InChI=1S/C24H12N6O3.C24H21N3O6.C23H19N3O3.C22H17N3O3/c1-27-18-6-12-21(13-7-18)33-24-29-22(31-19-8-2-16(14-25)3-9-19)28-23(30-24)32-20-10-4-17(15-26)5-11-20;1-28-16-4-10-19(11-5-16)31-22-25-23(32-20-12-6-17(29-2)7-13-20)27-24(26-22)33-21-14-8-18(30-3)9-15-21;1-16-13-14-20(17(2)15-16)29-23-25-21(27-18-9-5-3-6-10-18)24-22(26-23)28-19-11-7-4-8-12-19;1-16-10-8-9-15-19(16)28-22-24-20(26-17-11-4-2-5-12-17)23-21(25-22)27-18-13-6-3-7-14-18/h2-13H;4-15H,1-3H3;3-15H,1-2H3;2-15H,1H3. The van der Waals surface area contributed by atoms with Gasteiger partial charge in [-0.3, -0.25) is 0 Å². The minimum atomic E-state index is -0.0915. The van der Waals surface area contributed by atoms with Crippen LogP contribution in [0.15, 0.2) is 309 Å². The number of ether oxygens (including phenoxy) is 15. The summed E-state index contributed by atoms with van der Waals surface area (Å²) < 4.78 is 84.7. The molecule has 123 heavy (non-hydrogen) atoms. The summed E-state index contributed by atoms with van der Waals surface area (Å²) in [6, 6.07) is 95.0. The quantitative estimate of drug-likeness (QED) is 0.0432. The Balaban J connectivity index is 0.000000141. The van der Waals surface area contributed by atoms with E-state index in [0.29, 0.717) is 103 Å². The van der Waals surface area contributed by atoms with E-state index in [2.05, 4.69) is 64.7 Å². The van der Waals surface area contributed by atoms with Gasteiger partial charge in [-0.15, -0.1) is 59.8 Å². The highest BCUT2D eigenvalue weighted by molar-refractivity contribution is 5.48. The fourth-order valence-corrected chi connectivity index (χ4v) is 10.3. The molecule has 0 spiro atoms. The van der Waals surface area contributed by atoms with Crippen LogP contribution in [0.2, 0.25) is 0 Å². The molecule has 0 radical (unpaired) electrons. The van der Waals surface area contributed by atoms with Crippen molar-refractivity contribution < 1.29 is 71.1 Å². The van der Waals surface area contributed by atoms with Crippen LogP contribution in [-0.2, 0) is 0 Å². The van der Waals surface area contributed by atoms with Crippen molar-refractivity contribution in [2.45, 2.75) is 20.8 Å². The molecule has 0 atom stereocenters. The van der Waals surface area contributed by atoms with Crippen LogP contribution >= 0.6 is 0 Å². The Kier molecular flexibility index (Phi) is 28.5. The summed E-state index contributed by atoms with van der Waals surface area (Å²) in [5, 5.41) is 17.9. The Morgan fingerprint density at radius 1 is 0.228 bits per heavy atom. The molecular formula is C93H69N15O15. The first kappa shape index (κ1) is 83.1. The van der Waals surface area contributed by atoms with Gasteiger partial charge in [-0.1, -0.05) is 121 Å². The molecule has 16 rings (SSSR count). The Labute approximate surface area is 704 Å². The summed E-state index contributed by atoms with van der Waals surface area (Å²) in [5.41, 5.74) is 4.50. The summed E-state index contributed by atoms with van der Waals surface area (Å²) in [6.07, 6.45) is 0. The number of aromatic nitrogens is 12. The molecular weight excluding hydrogens is 1570 g/mol. The van der Waals surface area contributed by atoms with Crippen LogP contribution in [0.25, 0.3) is 4.85 Å². The molecule has 606 valence electrons. The van der Waals surface area contributed by atoms with Gasteiger partial charge in [-0.25, -0.2) is 4.85 Å². The molecule has 0 aliphatic heterocycles. The van der Waals surface area contributed by atoms with Crippen LogP contribution in [0, 0.1) is 50.0 Å². The number of hydrogen-bond donors (Lipinski definition) is 0. The lowest BCUT2D eigenvalue weighted by atomic mass is 10.1. The molecule has 30 nitrogen and oxygen atoms in total. The first-order valence-corrected chi connectivity index (χ1v) is 37.1. The summed E-state index contributed by atoms with van der Waals surface area (Å²) in [5.74, 6) is 8.51. The van der Waals surface area contributed by atoms with Gasteiger partial charge in [0.1, 0.15) is 86.2 Å². The molecule has 0 amide bonds. The second-order valence-electron chi connectivity index (χ2n) is 25.1. The number of benzene rings is 12. The Morgan fingerprint density at radius 2 is 0.439 bits per heavy atom. The van der Waals surface area contributed by atoms with E-state index >= 15 is 0 Å². The fourth-order valence-electron chi connectivity index (χ4n) is 10.3. The van der Waals surface area contributed by atoms with Gasteiger partial charge in [0.15, 0.2) is 5.69 Å². The van der Waals surface area contributed by atoms with Gasteiger partial charge in [0, 0.05) is 0 Å². The van der Waals surface area contributed by atoms with Gasteiger partial charge >= 0.3 is 72.1 Å². The zero-order valence-electron chi connectivity index (χ0n) is 66.3. The number of nitriles is 2. The first-order valence-electron chi connectivity index (χ1n) is 37.1. The van der Waals surface area contributed by atoms with Crippen molar-refractivity contribution in [3.63, 3.8) is 0 Å². The van der Waals surface area contributed by atoms with Gasteiger partial charge < -0.3 is 71.1 Å². The van der Waals surface area contributed by atoms with Crippen molar-refractivity contribution in [1.82, 2.24) is 59.8 Å². The monoisotopic (exact) mass is 1640 g/mol. The zero-order chi connectivity index (χ0) is 85.3. The SMILES string of the molecule is COc1ccc(Oc2nc(Oc3ccc(OC)cc3)nc(Oc3ccc(OC)cc3)n2)cc1.Cc1ccc(Oc2nc(Oc3ccccc3)nc(Oc3ccccc3)n2)c(C)c1.Cc1ccccc1Oc1nc(Oc2ccccc2)nc(Oc2ccccc2)n1.[C-]#[N+]c1ccc(Oc2nc(Oc3ccc(C#N)cc3)nc(Oc3ccc(C#N)cc3)n2)cc1. The Bertz CT molecular complexity index is 5800. The summed E-state index contributed by atoms with van der Waals surface area (Å²) in [6.45, 7) is 13.0. The van der Waals surface area contributed by atoms with Crippen LogP contribution in [0.4, 0.5) is 5.69 Å². The number of hydrogen-bond acceptors (Lipinski definition) is 29. The van der Waals surface area contributed by atoms with E-state index in [-0.39, 0.29) is 72.1 Å². The first-order chi connectivity index (χ1) is 60.2. The third-order valence-electron chi connectivity index (χ3n) is 16.3. The van der Waals surface area contributed by atoms with E-state index in [1.54, 1.807) is 167 Å². The maximum atomic E-state index is 8.95. The van der Waals surface area contributed by atoms with Crippen LogP contribution in [-0.4, -0.2) is 81.1 Å².